The molecule has 0 bridgehead atoms. The van der Waals surface area contributed by atoms with Gasteiger partial charge in [-0.3, -0.25) is 9.59 Å². The number of carbonyl (C=O) groups excluding carboxylic acids is 3. The number of rotatable bonds is 9. The van der Waals surface area contributed by atoms with Crippen LogP contribution in [0.2, 0.25) is 0 Å². The van der Waals surface area contributed by atoms with E-state index in [1.54, 1.807) is 6.07 Å². The summed E-state index contributed by atoms with van der Waals surface area (Å²) in [5.41, 5.74) is 0.215. The molecule has 0 heterocycles. The van der Waals surface area contributed by atoms with Crippen LogP contribution in [0.15, 0.2) is 24.3 Å². The second-order valence-electron chi connectivity index (χ2n) is 5.69. The lowest BCUT2D eigenvalue weighted by Gasteiger charge is -2.21. The molecule has 1 aromatic rings. The highest BCUT2D eigenvalue weighted by Crippen LogP contribution is 2.10. The molecule has 0 aliphatic carbocycles. The summed E-state index contributed by atoms with van der Waals surface area (Å²) in [5, 5.41) is 13.8. The van der Waals surface area contributed by atoms with Gasteiger partial charge in [0.25, 0.3) is 0 Å². The average Bonchev–Trinajstić information content (AvgIpc) is 2.51. The number of carboxylic acids is 1. The van der Waals surface area contributed by atoms with E-state index in [9.17, 15) is 23.6 Å². The highest BCUT2D eigenvalue weighted by atomic mass is 19.1. The molecule has 25 heavy (non-hydrogen) atoms. The van der Waals surface area contributed by atoms with E-state index in [2.05, 4.69) is 10.6 Å². The first-order chi connectivity index (χ1) is 11.7. The Balaban J connectivity index is 2.87. The van der Waals surface area contributed by atoms with Crippen LogP contribution in [0.5, 0.6) is 0 Å². The van der Waals surface area contributed by atoms with Gasteiger partial charge in [-0.15, -0.1) is 0 Å². The van der Waals surface area contributed by atoms with Gasteiger partial charge in [0.2, 0.25) is 11.8 Å². The molecule has 8 heteroatoms. The summed E-state index contributed by atoms with van der Waals surface area (Å²) in [6, 6.07) is 3.39. The molecule has 0 aliphatic rings. The fourth-order valence-electron chi connectivity index (χ4n) is 2.22. The van der Waals surface area contributed by atoms with Crippen molar-refractivity contribution in [2.45, 2.75) is 45.2 Å². The van der Waals surface area contributed by atoms with Crippen LogP contribution in [0.1, 0.15) is 32.3 Å². The molecular formula is C17H21FN2O5. The standard InChI is InChI=1S/C17H21FN2O5/c1-10(21)7-8-14(17(24)25)20-16(23)15(19-11(2)22)9-12-5-3-4-6-13(12)18/h3-6,14-15H,7-9H2,1-2H3,(H,19,22)(H,20,23)(H,24,25)/t14-,15-/m0/s1. The molecular weight excluding hydrogens is 331 g/mol. The highest BCUT2D eigenvalue weighted by Gasteiger charge is 2.26. The van der Waals surface area contributed by atoms with Crippen LogP contribution < -0.4 is 10.6 Å². The molecule has 2 amide bonds. The van der Waals surface area contributed by atoms with E-state index in [1.807, 2.05) is 0 Å². The Bertz CT molecular complexity index is 662. The van der Waals surface area contributed by atoms with Crippen LogP contribution in [0.25, 0.3) is 0 Å². The van der Waals surface area contributed by atoms with E-state index in [-0.39, 0.29) is 30.6 Å². The van der Waals surface area contributed by atoms with Crippen molar-refractivity contribution >= 4 is 23.6 Å². The quantitative estimate of drug-likeness (QED) is 0.609. The number of carboxylic acid groups (broad SMARTS) is 1. The first kappa shape index (κ1) is 20.3. The first-order valence-corrected chi connectivity index (χ1v) is 7.73. The molecule has 3 N–H and O–H groups in total. The zero-order valence-electron chi connectivity index (χ0n) is 14.0. The molecule has 0 unspecified atom stereocenters. The van der Waals surface area contributed by atoms with Gasteiger partial charge in [-0.05, 0) is 25.0 Å². The number of hydrogen-bond acceptors (Lipinski definition) is 4. The predicted molar refractivity (Wildman–Crippen MR) is 87.2 cm³/mol. The van der Waals surface area contributed by atoms with E-state index >= 15 is 0 Å². The summed E-state index contributed by atoms with van der Waals surface area (Å²) < 4.78 is 13.8. The van der Waals surface area contributed by atoms with Crippen molar-refractivity contribution in [3.05, 3.63) is 35.6 Å². The van der Waals surface area contributed by atoms with Crippen LogP contribution in [0.4, 0.5) is 4.39 Å². The number of carbonyl (C=O) groups is 4. The number of halogens is 1. The lowest BCUT2D eigenvalue weighted by Crippen LogP contribution is -2.52. The summed E-state index contributed by atoms with van der Waals surface area (Å²) in [5.74, 6) is -3.29. The third-order valence-electron chi connectivity index (χ3n) is 3.48. The van der Waals surface area contributed by atoms with Gasteiger partial charge in [-0.2, -0.15) is 0 Å². The van der Waals surface area contributed by atoms with Crippen molar-refractivity contribution in [3.63, 3.8) is 0 Å². The van der Waals surface area contributed by atoms with Crippen molar-refractivity contribution in [3.8, 4) is 0 Å². The van der Waals surface area contributed by atoms with Crippen molar-refractivity contribution in [1.82, 2.24) is 10.6 Å². The number of amides is 2. The predicted octanol–water partition coefficient (Wildman–Crippen LogP) is 0.811. The number of Topliss-reactive ketones (excluding diaryl/α,β-unsaturated/α-hetero) is 1. The maximum absolute atomic E-state index is 13.8. The Morgan fingerprint density at radius 1 is 1.08 bits per heavy atom. The Morgan fingerprint density at radius 3 is 2.24 bits per heavy atom. The molecule has 2 atom stereocenters. The Morgan fingerprint density at radius 2 is 1.72 bits per heavy atom. The Kier molecular flexibility index (Phi) is 7.71. The molecule has 136 valence electrons. The first-order valence-electron chi connectivity index (χ1n) is 7.73. The molecule has 0 aliphatic heterocycles. The third kappa shape index (κ3) is 7.11. The third-order valence-corrected chi connectivity index (χ3v) is 3.48. The van der Waals surface area contributed by atoms with E-state index in [0.717, 1.165) is 0 Å². The summed E-state index contributed by atoms with van der Waals surface area (Å²) in [4.78, 5) is 45.9. The monoisotopic (exact) mass is 352 g/mol. The molecule has 0 saturated carbocycles. The SMILES string of the molecule is CC(=O)CC[C@H](NC(=O)[C@H](Cc1ccccc1F)NC(C)=O)C(=O)O. The van der Waals surface area contributed by atoms with E-state index < -0.39 is 35.7 Å². The van der Waals surface area contributed by atoms with Gasteiger partial charge in [0.15, 0.2) is 0 Å². The summed E-state index contributed by atoms with van der Waals surface area (Å²) in [7, 11) is 0. The van der Waals surface area contributed by atoms with Crippen molar-refractivity contribution < 1.29 is 28.7 Å². The Hall–Kier alpha value is -2.77. The summed E-state index contributed by atoms with van der Waals surface area (Å²) >= 11 is 0. The Labute approximate surface area is 144 Å². The normalized spacial score (nSPS) is 12.8. The van der Waals surface area contributed by atoms with Crippen molar-refractivity contribution in [2.24, 2.45) is 0 Å². The number of ketones is 1. The van der Waals surface area contributed by atoms with Crippen LogP contribution in [0, 0.1) is 5.82 Å². The van der Waals surface area contributed by atoms with Gasteiger partial charge in [0.1, 0.15) is 23.7 Å². The van der Waals surface area contributed by atoms with Gasteiger partial charge in [-0.25, -0.2) is 9.18 Å². The number of nitrogens with one attached hydrogen (secondary N) is 2. The largest absolute Gasteiger partial charge is 0.480 e. The minimum absolute atomic E-state index is 0.00460. The molecule has 0 saturated heterocycles. The molecule has 1 rings (SSSR count). The maximum Gasteiger partial charge on any atom is 0.326 e. The van der Waals surface area contributed by atoms with E-state index in [1.165, 1.54) is 32.0 Å². The highest BCUT2D eigenvalue weighted by molar-refractivity contribution is 5.90. The fraction of sp³-hybridized carbons (Fsp3) is 0.412. The smallest absolute Gasteiger partial charge is 0.326 e. The lowest BCUT2D eigenvalue weighted by atomic mass is 10.0. The maximum atomic E-state index is 13.8. The van der Waals surface area contributed by atoms with Crippen LogP contribution >= 0.6 is 0 Å². The van der Waals surface area contributed by atoms with Crippen molar-refractivity contribution in [2.75, 3.05) is 0 Å². The van der Waals surface area contributed by atoms with Gasteiger partial charge in [0, 0.05) is 19.8 Å². The molecule has 0 fully saturated rings. The average molecular weight is 352 g/mol. The van der Waals surface area contributed by atoms with Crippen molar-refractivity contribution in [1.29, 1.82) is 0 Å². The second-order valence-corrected chi connectivity index (χ2v) is 5.69. The van der Waals surface area contributed by atoms with Crippen LogP contribution in [0.3, 0.4) is 0 Å². The van der Waals surface area contributed by atoms with E-state index in [4.69, 9.17) is 5.11 Å². The molecule has 7 nitrogen and oxygen atoms in total. The fourth-order valence-corrected chi connectivity index (χ4v) is 2.22. The number of benzene rings is 1. The molecule has 0 radical (unpaired) electrons. The van der Waals surface area contributed by atoms with Gasteiger partial charge in [-0.1, -0.05) is 18.2 Å². The van der Waals surface area contributed by atoms with E-state index in [0.29, 0.717) is 0 Å². The van der Waals surface area contributed by atoms with Crippen LogP contribution in [-0.2, 0) is 25.6 Å². The zero-order chi connectivity index (χ0) is 19.0. The van der Waals surface area contributed by atoms with Gasteiger partial charge in [0.05, 0.1) is 0 Å². The lowest BCUT2D eigenvalue weighted by molar-refractivity contribution is -0.142. The zero-order valence-corrected chi connectivity index (χ0v) is 14.0. The molecule has 0 aromatic heterocycles. The van der Waals surface area contributed by atoms with Crippen LogP contribution in [-0.4, -0.2) is 40.8 Å². The number of hydrogen-bond donors (Lipinski definition) is 3. The van der Waals surface area contributed by atoms with Gasteiger partial charge >= 0.3 is 5.97 Å². The summed E-state index contributed by atoms with van der Waals surface area (Å²) in [6.07, 6.45) is -0.199. The number of aliphatic carboxylic acids is 1. The summed E-state index contributed by atoms with van der Waals surface area (Å²) in [6.45, 7) is 2.52. The molecule has 0 spiro atoms. The van der Waals surface area contributed by atoms with Gasteiger partial charge < -0.3 is 20.5 Å². The second kappa shape index (κ2) is 9.51. The topological polar surface area (TPSA) is 113 Å². The minimum atomic E-state index is -1.29. The molecule has 1 aromatic carbocycles. The minimum Gasteiger partial charge on any atom is -0.480 e.